The van der Waals surface area contributed by atoms with Crippen molar-refractivity contribution >= 4 is 6.03 Å². The van der Waals surface area contributed by atoms with Crippen molar-refractivity contribution in [3.63, 3.8) is 0 Å². The average Bonchev–Trinajstić information content (AvgIpc) is 2.35. The highest BCUT2D eigenvalue weighted by atomic mass is 16.3. The van der Waals surface area contributed by atoms with E-state index in [1.807, 2.05) is 21.0 Å². The fourth-order valence-corrected chi connectivity index (χ4v) is 2.43. The van der Waals surface area contributed by atoms with Gasteiger partial charge in [-0.2, -0.15) is 0 Å². The third-order valence-electron chi connectivity index (χ3n) is 3.75. The van der Waals surface area contributed by atoms with Crippen LogP contribution in [-0.4, -0.2) is 54.9 Å². The predicted molar refractivity (Wildman–Crippen MR) is 77.2 cm³/mol. The summed E-state index contributed by atoms with van der Waals surface area (Å²) in [5.41, 5.74) is -0.692. The summed E-state index contributed by atoms with van der Waals surface area (Å²) in [4.78, 5) is 13.8. The molecule has 3 N–H and O–H groups in total. The molecular weight excluding hydrogens is 242 g/mol. The quantitative estimate of drug-likeness (QED) is 0.683. The molecule has 112 valence electrons. The van der Waals surface area contributed by atoms with E-state index in [1.54, 1.807) is 0 Å². The monoisotopic (exact) mass is 271 g/mol. The Labute approximate surface area is 116 Å². The Balaban J connectivity index is 2.19. The summed E-state index contributed by atoms with van der Waals surface area (Å²) in [6, 6.07) is -0.0337. The average molecular weight is 271 g/mol. The zero-order valence-corrected chi connectivity index (χ0v) is 12.5. The summed E-state index contributed by atoms with van der Waals surface area (Å²) in [6.45, 7) is 3.31. The van der Waals surface area contributed by atoms with Gasteiger partial charge in [0.05, 0.1) is 5.60 Å². The van der Waals surface area contributed by atoms with Gasteiger partial charge in [0.15, 0.2) is 0 Å². The molecule has 19 heavy (non-hydrogen) atoms. The molecule has 1 fully saturated rings. The maximum Gasteiger partial charge on any atom is 0.315 e. The first-order valence-electron chi connectivity index (χ1n) is 7.33. The van der Waals surface area contributed by atoms with Gasteiger partial charge in [0.1, 0.15) is 0 Å². The summed E-state index contributed by atoms with van der Waals surface area (Å²) >= 11 is 0. The van der Waals surface area contributed by atoms with Gasteiger partial charge in [-0.05, 0) is 46.8 Å². The molecule has 1 rings (SSSR count). The smallest absolute Gasteiger partial charge is 0.315 e. The van der Waals surface area contributed by atoms with E-state index in [9.17, 15) is 9.90 Å². The maximum absolute atomic E-state index is 11.7. The van der Waals surface area contributed by atoms with Crippen LogP contribution in [0.15, 0.2) is 0 Å². The van der Waals surface area contributed by atoms with Crippen LogP contribution in [0.2, 0.25) is 0 Å². The number of hydrogen-bond acceptors (Lipinski definition) is 3. The van der Waals surface area contributed by atoms with Gasteiger partial charge in [-0.15, -0.1) is 0 Å². The van der Waals surface area contributed by atoms with Crippen LogP contribution in [0.3, 0.4) is 0 Å². The summed E-state index contributed by atoms with van der Waals surface area (Å²) in [7, 11) is 4.04. The number of aliphatic hydroxyl groups is 1. The molecule has 0 spiro atoms. The Morgan fingerprint density at radius 2 is 1.95 bits per heavy atom. The van der Waals surface area contributed by atoms with E-state index in [2.05, 4.69) is 15.5 Å². The van der Waals surface area contributed by atoms with E-state index in [1.165, 1.54) is 6.42 Å². The number of rotatable bonds is 6. The Bertz CT molecular complexity index is 276. The molecule has 0 bridgehead atoms. The Kier molecular flexibility index (Phi) is 6.58. The molecule has 1 atom stereocenters. The van der Waals surface area contributed by atoms with E-state index in [-0.39, 0.29) is 12.1 Å². The third-order valence-corrected chi connectivity index (χ3v) is 3.75. The third kappa shape index (κ3) is 6.78. The van der Waals surface area contributed by atoms with Gasteiger partial charge < -0.3 is 20.6 Å². The molecule has 2 amide bonds. The zero-order chi connectivity index (χ0) is 14.3. The fourth-order valence-electron chi connectivity index (χ4n) is 2.43. The van der Waals surface area contributed by atoms with Crippen LogP contribution >= 0.6 is 0 Å². The van der Waals surface area contributed by atoms with Gasteiger partial charge in [-0.1, -0.05) is 19.3 Å². The van der Waals surface area contributed by atoms with Crippen LogP contribution in [-0.2, 0) is 0 Å². The summed E-state index contributed by atoms with van der Waals surface area (Å²) in [5, 5.41) is 16.0. The number of carbonyl (C=O) groups is 1. The Morgan fingerprint density at radius 3 is 2.53 bits per heavy atom. The van der Waals surface area contributed by atoms with Crippen molar-refractivity contribution in [3.8, 4) is 0 Å². The van der Waals surface area contributed by atoms with Crippen molar-refractivity contribution in [1.29, 1.82) is 0 Å². The minimum Gasteiger partial charge on any atom is -0.388 e. The van der Waals surface area contributed by atoms with E-state index < -0.39 is 5.60 Å². The van der Waals surface area contributed by atoms with Crippen LogP contribution < -0.4 is 10.6 Å². The molecule has 0 aromatic heterocycles. The lowest BCUT2D eigenvalue weighted by atomic mass is 9.85. The molecule has 0 aliphatic heterocycles. The molecule has 0 aromatic carbocycles. The number of nitrogens with zero attached hydrogens (tertiary/aromatic N) is 1. The highest BCUT2D eigenvalue weighted by Crippen LogP contribution is 2.27. The number of carbonyl (C=O) groups excluding carboxylic acids is 1. The molecule has 0 aromatic rings. The minimum atomic E-state index is -0.692. The van der Waals surface area contributed by atoms with Crippen molar-refractivity contribution in [3.05, 3.63) is 0 Å². The number of amides is 2. The van der Waals surface area contributed by atoms with Gasteiger partial charge >= 0.3 is 6.03 Å². The molecule has 5 nitrogen and oxygen atoms in total. The van der Waals surface area contributed by atoms with Crippen molar-refractivity contribution in [2.24, 2.45) is 0 Å². The molecule has 1 saturated carbocycles. The second-order valence-corrected chi connectivity index (χ2v) is 6.11. The number of nitrogens with one attached hydrogen (secondary N) is 2. The first-order valence-corrected chi connectivity index (χ1v) is 7.33. The van der Waals surface area contributed by atoms with Crippen LogP contribution in [0.25, 0.3) is 0 Å². The number of urea groups is 1. The standard InChI is InChI=1S/C14H29N3O2/c1-12(7-10-17(2)3)16-13(18)15-11-14(19)8-5-4-6-9-14/h12,19H,4-11H2,1-3H3,(H2,15,16,18). The van der Waals surface area contributed by atoms with Gasteiger partial charge in [0, 0.05) is 12.6 Å². The fraction of sp³-hybridized carbons (Fsp3) is 0.929. The highest BCUT2D eigenvalue weighted by Gasteiger charge is 2.29. The van der Waals surface area contributed by atoms with Crippen molar-refractivity contribution < 1.29 is 9.90 Å². The molecule has 0 saturated heterocycles. The van der Waals surface area contributed by atoms with Crippen molar-refractivity contribution in [1.82, 2.24) is 15.5 Å². The van der Waals surface area contributed by atoms with Crippen molar-refractivity contribution in [2.45, 2.75) is 57.1 Å². The van der Waals surface area contributed by atoms with Crippen LogP contribution in [0, 0.1) is 0 Å². The SMILES string of the molecule is CC(CCN(C)C)NC(=O)NCC1(O)CCCCC1. The maximum atomic E-state index is 11.7. The second-order valence-electron chi connectivity index (χ2n) is 6.11. The first kappa shape index (κ1) is 16.2. The van der Waals surface area contributed by atoms with Gasteiger partial charge in [-0.25, -0.2) is 4.79 Å². The number of hydrogen-bond donors (Lipinski definition) is 3. The molecule has 0 radical (unpaired) electrons. The lowest BCUT2D eigenvalue weighted by molar-refractivity contribution is 0.00713. The summed E-state index contributed by atoms with van der Waals surface area (Å²) in [5.74, 6) is 0. The minimum absolute atomic E-state index is 0.142. The van der Waals surface area contributed by atoms with Gasteiger partial charge in [0.25, 0.3) is 0 Å². The Morgan fingerprint density at radius 1 is 1.32 bits per heavy atom. The highest BCUT2D eigenvalue weighted by molar-refractivity contribution is 5.74. The van der Waals surface area contributed by atoms with Crippen molar-refractivity contribution in [2.75, 3.05) is 27.2 Å². The largest absolute Gasteiger partial charge is 0.388 e. The van der Waals surface area contributed by atoms with E-state index in [4.69, 9.17) is 0 Å². The lowest BCUT2D eigenvalue weighted by Gasteiger charge is -2.32. The molecular formula is C14H29N3O2. The van der Waals surface area contributed by atoms with E-state index in [0.717, 1.165) is 38.6 Å². The van der Waals surface area contributed by atoms with Crippen LogP contribution in [0.4, 0.5) is 4.79 Å². The molecule has 1 aliphatic rings. The molecule has 5 heteroatoms. The molecule has 0 heterocycles. The predicted octanol–water partition coefficient (Wildman–Crippen LogP) is 1.32. The summed E-state index contributed by atoms with van der Waals surface area (Å²) < 4.78 is 0. The lowest BCUT2D eigenvalue weighted by Crippen LogP contribution is -2.49. The topological polar surface area (TPSA) is 64.6 Å². The second kappa shape index (κ2) is 7.70. The van der Waals surface area contributed by atoms with Crippen LogP contribution in [0.5, 0.6) is 0 Å². The van der Waals surface area contributed by atoms with Crippen LogP contribution in [0.1, 0.15) is 45.4 Å². The van der Waals surface area contributed by atoms with Gasteiger partial charge in [0.2, 0.25) is 0 Å². The Hall–Kier alpha value is -0.810. The van der Waals surface area contributed by atoms with E-state index in [0.29, 0.717) is 6.54 Å². The normalized spacial score (nSPS) is 20.1. The van der Waals surface area contributed by atoms with Gasteiger partial charge in [-0.3, -0.25) is 0 Å². The zero-order valence-electron chi connectivity index (χ0n) is 12.5. The van der Waals surface area contributed by atoms with E-state index >= 15 is 0 Å². The summed E-state index contributed by atoms with van der Waals surface area (Å²) in [6.07, 6.45) is 5.81. The molecule has 1 aliphatic carbocycles. The molecule has 1 unspecified atom stereocenters. The first-order chi connectivity index (χ1) is 8.91.